The van der Waals surface area contributed by atoms with Gasteiger partial charge in [0, 0.05) is 30.2 Å². The van der Waals surface area contributed by atoms with Gasteiger partial charge in [0.2, 0.25) is 0 Å². The number of esters is 3. The molecule has 0 radical (unpaired) electrons. The molecular weight excluding hydrogens is 448 g/mol. The van der Waals surface area contributed by atoms with Crippen molar-refractivity contribution in [2.24, 2.45) is 11.3 Å². The first-order valence-electron chi connectivity index (χ1n) is 9.94. The van der Waals surface area contributed by atoms with Crippen LogP contribution in [0.1, 0.15) is 19.8 Å². The molecule has 0 aromatic carbocycles. The SMILES string of the molecule is C=C1C(=O)CC(C(=C)C(=O)O)C1=O.C=CC(=O)OCC(CC)(COC(=O)C=C)COC(=O)C=C. The summed E-state index contributed by atoms with van der Waals surface area (Å²) in [6, 6.07) is 0. The van der Waals surface area contributed by atoms with Gasteiger partial charge in [0.1, 0.15) is 19.8 Å². The minimum Gasteiger partial charge on any atom is -0.478 e. The van der Waals surface area contributed by atoms with Crippen molar-refractivity contribution in [2.75, 3.05) is 19.8 Å². The molecule has 184 valence electrons. The zero-order valence-corrected chi connectivity index (χ0v) is 19.0. The third-order valence-corrected chi connectivity index (χ3v) is 4.85. The molecule has 1 atom stereocenters. The van der Waals surface area contributed by atoms with Crippen LogP contribution in [-0.2, 0) is 43.0 Å². The van der Waals surface area contributed by atoms with Crippen LogP contribution >= 0.6 is 0 Å². The number of hydrogen-bond donors (Lipinski definition) is 1. The number of hydrogen-bond acceptors (Lipinski definition) is 9. The number of carboxylic acid groups (broad SMARTS) is 1. The van der Waals surface area contributed by atoms with Gasteiger partial charge in [-0.25, -0.2) is 19.2 Å². The third kappa shape index (κ3) is 9.19. The molecule has 0 aromatic rings. The molecule has 0 aromatic heterocycles. The number of allylic oxidation sites excluding steroid dienone is 1. The standard InChI is InChI=1S/C15H20O6.C9H8O4/c1-5-12(16)19-9-15(8-4,10-20-13(17)6-2)11-21-14(18)7-3;1-4(9(12)13)6-3-7(10)5(2)8(6)11/h5-7H,1-3,8-11H2,4H3;6H,1-3H2,(H,12,13). The van der Waals surface area contributed by atoms with Gasteiger partial charge in [0.25, 0.3) is 0 Å². The van der Waals surface area contributed by atoms with Gasteiger partial charge >= 0.3 is 23.9 Å². The zero-order valence-electron chi connectivity index (χ0n) is 19.0. The van der Waals surface area contributed by atoms with E-state index in [-0.39, 0.29) is 37.4 Å². The van der Waals surface area contributed by atoms with E-state index in [0.717, 1.165) is 18.2 Å². The predicted molar refractivity (Wildman–Crippen MR) is 120 cm³/mol. The quantitative estimate of drug-likeness (QED) is 0.191. The third-order valence-electron chi connectivity index (χ3n) is 4.85. The first-order chi connectivity index (χ1) is 15.9. The Bertz CT molecular complexity index is 849. The lowest BCUT2D eigenvalue weighted by Gasteiger charge is -2.30. The summed E-state index contributed by atoms with van der Waals surface area (Å²) < 4.78 is 15.0. The number of carbonyl (C=O) groups excluding carboxylic acids is 5. The van der Waals surface area contributed by atoms with Crippen molar-refractivity contribution in [3.05, 3.63) is 62.3 Å². The smallest absolute Gasteiger partial charge is 0.331 e. The molecule has 10 nitrogen and oxygen atoms in total. The maximum atomic E-state index is 11.2. The van der Waals surface area contributed by atoms with Gasteiger partial charge in [-0.3, -0.25) is 9.59 Å². The van der Waals surface area contributed by atoms with Crippen LogP contribution in [0, 0.1) is 11.3 Å². The highest BCUT2D eigenvalue weighted by Gasteiger charge is 2.38. The Morgan fingerprint density at radius 2 is 1.32 bits per heavy atom. The van der Waals surface area contributed by atoms with Gasteiger partial charge in [-0.15, -0.1) is 0 Å². The van der Waals surface area contributed by atoms with Crippen molar-refractivity contribution in [3.8, 4) is 0 Å². The van der Waals surface area contributed by atoms with E-state index in [2.05, 4.69) is 32.9 Å². The van der Waals surface area contributed by atoms with Crippen LogP contribution in [0.5, 0.6) is 0 Å². The lowest BCUT2D eigenvalue weighted by Crippen LogP contribution is -2.38. The highest BCUT2D eigenvalue weighted by atomic mass is 16.6. The number of carboxylic acids is 1. The molecule has 0 heterocycles. The fraction of sp³-hybridized carbons (Fsp3) is 0.333. The molecule has 10 heteroatoms. The Morgan fingerprint density at radius 3 is 1.56 bits per heavy atom. The Morgan fingerprint density at radius 1 is 0.941 bits per heavy atom. The topological polar surface area (TPSA) is 150 Å². The van der Waals surface area contributed by atoms with Gasteiger partial charge in [-0.1, -0.05) is 39.8 Å². The van der Waals surface area contributed by atoms with Crippen LogP contribution in [0.15, 0.2) is 62.3 Å². The van der Waals surface area contributed by atoms with E-state index < -0.39 is 46.8 Å². The molecule has 0 amide bonds. The van der Waals surface area contributed by atoms with Crippen molar-refractivity contribution < 1.29 is 48.1 Å². The van der Waals surface area contributed by atoms with Crippen LogP contribution in [-0.4, -0.2) is 60.4 Å². The molecule has 0 saturated heterocycles. The molecule has 0 bridgehead atoms. The maximum Gasteiger partial charge on any atom is 0.331 e. The fourth-order valence-corrected chi connectivity index (χ4v) is 2.46. The molecule has 1 saturated carbocycles. The van der Waals surface area contributed by atoms with Gasteiger partial charge in [0.15, 0.2) is 11.6 Å². The first-order valence-corrected chi connectivity index (χ1v) is 9.94. The zero-order chi connectivity index (χ0) is 26.5. The maximum absolute atomic E-state index is 11.2. The second-order valence-electron chi connectivity index (χ2n) is 7.14. The second kappa shape index (κ2) is 14.1. The van der Waals surface area contributed by atoms with E-state index in [4.69, 9.17) is 19.3 Å². The van der Waals surface area contributed by atoms with E-state index in [1.165, 1.54) is 0 Å². The summed E-state index contributed by atoms with van der Waals surface area (Å²) in [5.41, 5.74) is -1.19. The molecule has 1 aliphatic rings. The Labute approximate surface area is 197 Å². The normalized spacial score (nSPS) is 14.7. The largest absolute Gasteiger partial charge is 0.478 e. The Balaban J connectivity index is 0.000000712. The van der Waals surface area contributed by atoms with Crippen LogP contribution in [0.2, 0.25) is 0 Å². The van der Waals surface area contributed by atoms with Crippen molar-refractivity contribution in [1.82, 2.24) is 0 Å². The van der Waals surface area contributed by atoms with E-state index in [9.17, 15) is 28.8 Å². The van der Waals surface area contributed by atoms with Crippen LogP contribution < -0.4 is 0 Å². The minimum absolute atomic E-state index is 0.0802. The summed E-state index contributed by atoms with van der Waals surface area (Å²) >= 11 is 0. The molecule has 1 unspecified atom stereocenters. The molecule has 1 rings (SSSR count). The van der Waals surface area contributed by atoms with E-state index in [0.29, 0.717) is 6.42 Å². The average molecular weight is 476 g/mol. The molecule has 1 N–H and O–H groups in total. The van der Waals surface area contributed by atoms with Crippen LogP contribution in [0.3, 0.4) is 0 Å². The van der Waals surface area contributed by atoms with Gasteiger partial charge < -0.3 is 19.3 Å². The highest BCUT2D eigenvalue weighted by Crippen LogP contribution is 2.27. The molecular formula is C24H28O10. The number of aliphatic carboxylic acids is 1. The molecule has 0 aliphatic heterocycles. The van der Waals surface area contributed by atoms with Crippen molar-refractivity contribution in [2.45, 2.75) is 19.8 Å². The number of rotatable bonds is 12. The van der Waals surface area contributed by atoms with Crippen LogP contribution in [0.25, 0.3) is 0 Å². The summed E-state index contributed by atoms with van der Waals surface area (Å²) in [7, 11) is 0. The van der Waals surface area contributed by atoms with E-state index in [1.54, 1.807) is 6.92 Å². The molecule has 0 spiro atoms. The van der Waals surface area contributed by atoms with Crippen molar-refractivity contribution >= 4 is 35.4 Å². The van der Waals surface area contributed by atoms with E-state index in [1.807, 2.05) is 0 Å². The van der Waals surface area contributed by atoms with Crippen molar-refractivity contribution in [1.29, 1.82) is 0 Å². The lowest BCUT2D eigenvalue weighted by molar-refractivity contribution is -0.156. The summed E-state index contributed by atoms with van der Waals surface area (Å²) in [5.74, 6) is -4.90. The summed E-state index contributed by atoms with van der Waals surface area (Å²) in [4.78, 5) is 66.2. The van der Waals surface area contributed by atoms with E-state index >= 15 is 0 Å². The van der Waals surface area contributed by atoms with Crippen LogP contribution in [0.4, 0.5) is 0 Å². The minimum atomic E-state index is -1.25. The number of Topliss-reactive ketones (excluding diaryl/α,β-unsaturated/α-hetero) is 2. The predicted octanol–water partition coefficient (Wildman–Crippen LogP) is 1.91. The number of ether oxygens (including phenoxy) is 3. The first kappa shape index (κ1) is 29.9. The highest BCUT2D eigenvalue weighted by molar-refractivity contribution is 6.27. The van der Waals surface area contributed by atoms with Crippen molar-refractivity contribution in [3.63, 3.8) is 0 Å². The van der Waals surface area contributed by atoms with Gasteiger partial charge in [-0.05, 0) is 6.42 Å². The monoisotopic (exact) mass is 476 g/mol. The second-order valence-corrected chi connectivity index (χ2v) is 7.14. The van der Waals surface area contributed by atoms with Gasteiger partial charge in [0.05, 0.1) is 16.9 Å². The molecule has 1 aliphatic carbocycles. The summed E-state index contributed by atoms with van der Waals surface area (Å²) in [6.07, 6.45) is 3.40. The lowest BCUT2D eigenvalue weighted by atomic mass is 9.88. The summed E-state index contributed by atoms with van der Waals surface area (Å²) in [6.45, 7) is 17.9. The number of carbonyl (C=O) groups is 6. The average Bonchev–Trinajstić information content (AvgIpc) is 3.09. The molecule has 34 heavy (non-hydrogen) atoms. The Kier molecular flexibility index (Phi) is 12.4. The number of ketones is 2. The molecule has 1 fully saturated rings. The summed E-state index contributed by atoms with van der Waals surface area (Å²) in [5, 5.41) is 8.54. The fourth-order valence-electron chi connectivity index (χ4n) is 2.46. The van der Waals surface area contributed by atoms with Gasteiger partial charge in [-0.2, -0.15) is 0 Å². The Hall–Kier alpha value is -4.08.